The van der Waals surface area contributed by atoms with Crippen molar-refractivity contribution in [1.82, 2.24) is 15.2 Å². The fraction of sp³-hybridized carbons (Fsp3) is 0.542. The zero-order valence-electron chi connectivity index (χ0n) is 16.8. The van der Waals surface area contributed by atoms with Crippen LogP contribution in [0.25, 0.3) is 0 Å². The molecule has 2 aliphatic heterocycles. The molecule has 1 aromatic carbocycles. The molecule has 2 saturated heterocycles. The van der Waals surface area contributed by atoms with Crippen LogP contribution in [-0.2, 0) is 12.8 Å². The molecule has 2 aromatic rings. The van der Waals surface area contributed by atoms with Gasteiger partial charge in [-0.2, -0.15) is 0 Å². The number of nitrogens with one attached hydrogen (secondary N) is 1. The highest BCUT2D eigenvalue weighted by atomic mass is 79.9. The minimum atomic E-state index is 0.226. The molecular formula is C24H29BrClN3. The molecule has 1 unspecified atom stereocenters. The molecule has 0 radical (unpaired) electrons. The number of aryl methyl sites for hydroxylation is 2. The SMILES string of the molecule is Clc1cc(Br)c2c(c1)CCc1cccnc1C2N1CCC(C2CCNCC2)CC1. The summed E-state index contributed by atoms with van der Waals surface area (Å²) < 4.78 is 1.13. The number of hydrogen-bond donors (Lipinski definition) is 1. The number of rotatable bonds is 2. The summed E-state index contributed by atoms with van der Waals surface area (Å²) in [5, 5.41) is 4.34. The van der Waals surface area contributed by atoms with Gasteiger partial charge in [-0.25, -0.2) is 0 Å². The normalized spacial score (nSPS) is 24.0. The lowest BCUT2D eigenvalue weighted by Crippen LogP contribution is -2.41. The van der Waals surface area contributed by atoms with E-state index in [2.05, 4.69) is 50.4 Å². The van der Waals surface area contributed by atoms with Crippen LogP contribution in [0.15, 0.2) is 34.9 Å². The Bertz CT molecular complexity index is 872. The molecule has 5 rings (SSSR count). The molecule has 0 bridgehead atoms. The van der Waals surface area contributed by atoms with E-state index in [0.29, 0.717) is 0 Å². The van der Waals surface area contributed by atoms with Crippen molar-refractivity contribution in [2.45, 2.75) is 44.6 Å². The largest absolute Gasteiger partial charge is 0.317 e. The van der Waals surface area contributed by atoms with Gasteiger partial charge in [0.05, 0.1) is 11.7 Å². The van der Waals surface area contributed by atoms with Gasteiger partial charge in [-0.3, -0.25) is 9.88 Å². The second-order valence-corrected chi connectivity index (χ2v) is 10.2. The smallest absolute Gasteiger partial charge is 0.0792 e. The Hall–Kier alpha value is -0.940. The molecule has 0 saturated carbocycles. The number of nitrogens with zero attached hydrogens (tertiary/aromatic N) is 2. The topological polar surface area (TPSA) is 28.2 Å². The maximum atomic E-state index is 6.42. The van der Waals surface area contributed by atoms with E-state index < -0.39 is 0 Å². The maximum absolute atomic E-state index is 6.42. The van der Waals surface area contributed by atoms with Gasteiger partial charge in [0.2, 0.25) is 0 Å². The second-order valence-electron chi connectivity index (χ2n) is 8.87. The van der Waals surface area contributed by atoms with Crippen molar-refractivity contribution in [3.63, 3.8) is 0 Å². The number of halogens is 2. The molecule has 1 aliphatic carbocycles. The van der Waals surface area contributed by atoms with Gasteiger partial charge in [0.1, 0.15) is 0 Å². The molecular weight excluding hydrogens is 446 g/mol. The quantitative estimate of drug-likeness (QED) is 0.632. The Balaban J connectivity index is 1.46. The van der Waals surface area contributed by atoms with E-state index in [1.165, 1.54) is 61.2 Å². The van der Waals surface area contributed by atoms with Crippen molar-refractivity contribution in [1.29, 1.82) is 0 Å². The van der Waals surface area contributed by atoms with Crippen LogP contribution >= 0.6 is 27.5 Å². The van der Waals surface area contributed by atoms with Crippen LogP contribution in [-0.4, -0.2) is 36.1 Å². The van der Waals surface area contributed by atoms with E-state index in [0.717, 1.165) is 47.3 Å². The summed E-state index contributed by atoms with van der Waals surface area (Å²) in [5.74, 6) is 1.80. The molecule has 3 aliphatic rings. The van der Waals surface area contributed by atoms with Crippen LogP contribution < -0.4 is 5.32 Å². The summed E-state index contributed by atoms with van der Waals surface area (Å²) >= 11 is 10.3. The average molecular weight is 475 g/mol. The van der Waals surface area contributed by atoms with Crippen molar-refractivity contribution in [3.8, 4) is 0 Å². The predicted octanol–water partition coefficient (Wildman–Crippen LogP) is 5.40. The minimum Gasteiger partial charge on any atom is -0.317 e. The van der Waals surface area contributed by atoms with Gasteiger partial charge in [-0.15, -0.1) is 0 Å². The lowest BCUT2D eigenvalue weighted by atomic mass is 9.78. The number of fused-ring (bicyclic) bond motifs is 2. The van der Waals surface area contributed by atoms with Gasteiger partial charge in [0.15, 0.2) is 0 Å². The van der Waals surface area contributed by atoms with Gasteiger partial charge in [-0.05, 0) is 111 Å². The molecule has 5 heteroatoms. The Morgan fingerprint density at radius 2 is 1.72 bits per heavy atom. The monoisotopic (exact) mass is 473 g/mol. The second kappa shape index (κ2) is 8.66. The van der Waals surface area contributed by atoms with Gasteiger partial charge in [0.25, 0.3) is 0 Å². The summed E-state index contributed by atoms with van der Waals surface area (Å²) in [5.41, 5.74) is 5.38. The molecule has 3 nitrogen and oxygen atoms in total. The van der Waals surface area contributed by atoms with Crippen molar-refractivity contribution >= 4 is 27.5 Å². The molecule has 0 spiro atoms. The standard InChI is InChI=1S/C24H29BrClN3/c25-21-15-20(26)14-19-4-3-18-2-1-9-28-23(18)24(22(19)21)29-12-7-17(8-13-29)16-5-10-27-11-6-16/h1-2,9,14-17,24,27H,3-8,10-13H2. The summed E-state index contributed by atoms with van der Waals surface area (Å²) in [6, 6.07) is 8.80. The van der Waals surface area contributed by atoms with Crippen LogP contribution in [0.2, 0.25) is 5.02 Å². The third-order valence-electron chi connectivity index (χ3n) is 7.29. The first-order valence-electron chi connectivity index (χ1n) is 11.1. The van der Waals surface area contributed by atoms with E-state index in [1.807, 2.05) is 6.20 Å². The summed E-state index contributed by atoms with van der Waals surface area (Å²) in [6.45, 7) is 4.71. The number of benzene rings is 1. The molecule has 1 aromatic heterocycles. The molecule has 29 heavy (non-hydrogen) atoms. The molecule has 3 heterocycles. The number of aromatic nitrogens is 1. The van der Waals surface area contributed by atoms with E-state index >= 15 is 0 Å². The Morgan fingerprint density at radius 3 is 2.52 bits per heavy atom. The van der Waals surface area contributed by atoms with Gasteiger partial charge in [0, 0.05) is 15.7 Å². The molecule has 1 atom stereocenters. The zero-order chi connectivity index (χ0) is 19.8. The highest BCUT2D eigenvalue weighted by Crippen LogP contribution is 2.43. The van der Waals surface area contributed by atoms with Gasteiger partial charge < -0.3 is 5.32 Å². The van der Waals surface area contributed by atoms with E-state index in [4.69, 9.17) is 16.6 Å². The minimum absolute atomic E-state index is 0.226. The number of hydrogen-bond acceptors (Lipinski definition) is 3. The highest BCUT2D eigenvalue weighted by Gasteiger charge is 2.35. The van der Waals surface area contributed by atoms with Crippen LogP contribution in [0.5, 0.6) is 0 Å². The zero-order valence-corrected chi connectivity index (χ0v) is 19.2. The first kappa shape index (κ1) is 20.0. The fourth-order valence-electron chi connectivity index (χ4n) is 5.79. The Kier molecular flexibility index (Phi) is 5.97. The highest BCUT2D eigenvalue weighted by molar-refractivity contribution is 9.10. The number of pyridine rings is 1. The average Bonchev–Trinajstić information content (AvgIpc) is 2.92. The van der Waals surface area contributed by atoms with Crippen LogP contribution in [0.4, 0.5) is 0 Å². The first-order chi connectivity index (χ1) is 14.2. The van der Waals surface area contributed by atoms with Crippen LogP contribution in [0, 0.1) is 11.8 Å². The van der Waals surface area contributed by atoms with Gasteiger partial charge >= 0.3 is 0 Å². The van der Waals surface area contributed by atoms with Crippen LogP contribution in [0.1, 0.15) is 54.1 Å². The third kappa shape index (κ3) is 4.01. The first-order valence-corrected chi connectivity index (χ1v) is 12.2. The van der Waals surface area contributed by atoms with Crippen LogP contribution in [0.3, 0.4) is 0 Å². The summed E-state index contributed by atoms with van der Waals surface area (Å²) in [4.78, 5) is 7.59. The number of likely N-dealkylation sites (tertiary alicyclic amines) is 1. The molecule has 1 N–H and O–H groups in total. The molecule has 0 amide bonds. The molecule has 2 fully saturated rings. The van der Waals surface area contributed by atoms with Crippen molar-refractivity contribution in [2.24, 2.45) is 11.8 Å². The lowest BCUT2D eigenvalue weighted by molar-refractivity contribution is 0.108. The van der Waals surface area contributed by atoms with E-state index in [1.54, 1.807) is 0 Å². The third-order valence-corrected chi connectivity index (χ3v) is 8.17. The van der Waals surface area contributed by atoms with E-state index in [9.17, 15) is 0 Å². The maximum Gasteiger partial charge on any atom is 0.0792 e. The molecule has 154 valence electrons. The lowest BCUT2D eigenvalue weighted by Gasteiger charge is -2.41. The predicted molar refractivity (Wildman–Crippen MR) is 123 cm³/mol. The Labute approximate surface area is 187 Å². The fourth-order valence-corrected chi connectivity index (χ4v) is 6.88. The van der Waals surface area contributed by atoms with Crippen molar-refractivity contribution in [2.75, 3.05) is 26.2 Å². The van der Waals surface area contributed by atoms with Crippen molar-refractivity contribution in [3.05, 3.63) is 62.3 Å². The number of piperidine rings is 2. The Morgan fingerprint density at radius 1 is 1.00 bits per heavy atom. The summed E-state index contributed by atoms with van der Waals surface area (Å²) in [7, 11) is 0. The van der Waals surface area contributed by atoms with Crippen molar-refractivity contribution < 1.29 is 0 Å². The van der Waals surface area contributed by atoms with E-state index in [-0.39, 0.29) is 6.04 Å². The summed E-state index contributed by atoms with van der Waals surface area (Å²) in [6.07, 6.45) is 9.34. The van der Waals surface area contributed by atoms with Gasteiger partial charge in [-0.1, -0.05) is 33.6 Å².